The molecule has 0 spiro atoms. The van der Waals surface area contributed by atoms with Gasteiger partial charge in [0.25, 0.3) is 0 Å². The Labute approximate surface area is 79.5 Å². The Morgan fingerprint density at radius 3 is 2.85 bits per heavy atom. The van der Waals surface area contributed by atoms with Crippen LogP contribution in [0.25, 0.3) is 11.0 Å². The van der Waals surface area contributed by atoms with E-state index < -0.39 is 0 Å². The van der Waals surface area contributed by atoms with Gasteiger partial charge in [0.15, 0.2) is 0 Å². The molecular formula is C11H16N2. The highest BCUT2D eigenvalue weighted by Crippen LogP contribution is 2.28. The molecule has 0 unspecified atom stereocenters. The average molecular weight is 176 g/mol. The Morgan fingerprint density at radius 1 is 1.38 bits per heavy atom. The van der Waals surface area contributed by atoms with Crippen molar-refractivity contribution < 1.29 is 1.43 Å². The molecule has 0 atom stereocenters. The van der Waals surface area contributed by atoms with Crippen LogP contribution in [0.1, 0.15) is 27.8 Å². The molecule has 0 amide bonds. The minimum Gasteiger partial charge on any atom is -0.346 e. The van der Waals surface area contributed by atoms with Crippen LogP contribution in [-0.4, -0.2) is 9.97 Å². The summed E-state index contributed by atoms with van der Waals surface area (Å²) in [4.78, 5) is 7.44. The zero-order chi connectivity index (χ0) is 9.47. The van der Waals surface area contributed by atoms with Crippen LogP contribution in [0, 0.1) is 0 Å². The van der Waals surface area contributed by atoms with Crippen LogP contribution in [0.4, 0.5) is 0 Å². The molecule has 1 N–H and O–H groups in total. The fourth-order valence-electron chi connectivity index (χ4n) is 1.58. The van der Waals surface area contributed by atoms with Crippen LogP contribution >= 0.6 is 0 Å². The third-order valence-electron chi connectivity index (χ3n) is 2.26. The maximum absolute atomic E-state index is 4.26. The van der Waals surface area contributed by atoms with Gasteiger partial charge in [-0.3, -0.25) is 0 Å². The second kappa shape index (κ2) is 2.59. The number of rotatable bonds is 0. The summed E-state index contributed by atoms with van der Waals surface area (Å²) in [6.45, 7) is 6.63. The monoisotopic (exact) mass is 176 g/mol. The van der Waals surface area contributed by atoms with Gasteiger partial charge in [-0.1, -0.05) is 20.8 Å². The molecule has 2 aromatic rings. The van der Waals surface area contributed by atoms with Crippen LogP contribution < -0.4 is 0 Å². The lowest BCUT2D eigenvalue weighted by molar-refractivity contribution is 0.596. The van der Waals surface area contributed by atoms with Crippen LogP contribution in [0.2, 0.25) is 0 Å². The summed E-state index contributed by atoms with van der Waals surface area (Å²) in [5.41, 5.74) is 2.49. The predicted octanol–water partition coefficient (Wildman–Crippen LogP) is 3.11. The van der Waals surface area contributed by atoms with Gasteiger partial charge in [0.2, 0.25) is 0 Å². The van der Waals surface area contributed by atoms with E-state index in [0.29, 0.717) is 0 Å². The van der Waals surface area contributed by atoms with Gasteiger partial charge >= 0.3 is 0 Å². The second-order valence-corrected chi connectivity index (χ2v) is 4.35. The van der Waals surface area contributed by atoms with Crippen LogP contribution in [-0.2, 0) is 5.41 Å². The minimum atomic E-state index is 0. The van der Waals surface area contributed by atoms with Gasteiger partial charge in [-0.25, -0.2) is 4.98 Å². The van der Waals surface area contributed by atoms with E-state index in [0.717, 1.165) is 5.65 Å². The van der Waals surface area contributed by atoms with Crippen molar-refractivity contribution in [3.05, 3.63) is 30.1 Å². The van der Waals surface area contributed by atoms with E-state index in [4.69, 9.17) is 0 Å². The first-order valence-electron chi connectivity index (χ1n) is 4.51. The number of nitrogens with one attached hydrogen (secondary N) is 1. The van der Waals surface area contributed by atoms with Crippen molar-refractivity contribution >= 4 is 11.0 Å². The smallest absolute Gasteiger partial charge is 0.137 e. The van der Waals surface area contributed by atoms with Crippen LogP contribution in [0.5, 0.6) is 0 Å². The summed E-state index contributed by atoms with van der Waals surface area (Å²) in [6.07, 6.45) is 3.86. The summed E-state index contributed by atoms with van der Waals surface area (Å²) in [5.74, 6) is 0. The van der Waals surface area contributed by atoms with Crippen molar-refractivity contribution in [3.8, 4) is 0 Å². The molecule has 2 heterocycles. The van der Waals surface area contributed by atoms with Crippen LogP contribution in [0.15, 0.2) is 24.5 Å². The topological polar surface area (TPSA) is 28.7 Å². The highest BCUT2D eigenvalue weighted by Gasteiger charge is 2.17. The number of hydrogen-bond acceptors (Lipinski definition) is 1. The highest BCUT2D eigenvalue weighted by atomic mass is 14.8. The fraction of sp³-hybridized carbons (Fsp3) is 0.364. The molecular weight excluding hydrogens is 160 g/mol. The number of pyridine rings is 1. The largest absolute Gasteiger partial charge is 0.346 e. The number of aromatic nitrogens is 2. The lowest BCUT2D eigenvalue weighted by Gasteiger charge is -2.16. The number of fused-ring (bicyclic) bond motifs is 1. The first-order valence-corrected chi connectivity index (χ1v) is 4.51. The van der Waals surface area contributed by atoms with Crippen molar-refractivity contribution in [1.29, 1.82) is 0 Å². The number of nitrogens with zero attached hydrogens (tertiary/aromatic N) is 1. The second-order valence-electron chi connectivity index (χ2n) is 4.35. The Morgan fingerprint density at radius 2 is 2.15 bits per heavy atom. The molecule has 70 valence electrons. The van der Waals surface area contributed by atoms with Crippen molar-refractivity contribution in [2.75, 3.05) is 0 Å². The third-order valence-corrected chi connectivity index (χ3v) is 2.26. The molecule has 0 radical (unpaired) electrons. The molecule has 0 saturated heterocycles. The summed E-state index contributed by atoms with van der Waals surface area (Å²) < 4.78 is 0. The summed E-state index contributed by atoms with van der Waals surface area (Å²) in [7, 11) is 0. The first kappa shape index (κ1) is 8.30. The Bertz CT molecular complexity index is 426. The average Bonchev–Trinajstić information content (AvgIpc) is 2.45. The molecule has 0 aliphatic rings. The van der Waals surface area contributed by atoms with Crippen molar-refractivity contribution in [2.45, 2.75) is 26.2 Å². The van der Waals surface area contributed by atoms with E-state index in [2.05, 4.69) is 43.0 Å². The molecule has 2 rings (SSSR count). The van der Waals surface area contributed by atoms with Crippen molar-refractivity contribution in [3.63, 3.8) is 0 Å². The SMILES string of the molecule is CC(C)(C)c1c[nH]c2ncccc12.[HH]. The summed E-state index contributed by atoms with van der Waals surface area (Å²) in [6, 6.07) is 4.09. The minimum absolute atomic E-state index is 0. The molecule has 0 fully saturated rings. The molecule has 13 heavy (non-hydrogen) atoms. The van der Waals surface area contributed by atoms with E-state index in [9.17, 15) is 0 Å². The highest BCUT2D eigenvalue weighted by molar-refractivity contribution is 5.80. The van der Waals surface area contributed by atoms with Gasteiger partial charge in [0.05, 0.1) is 0 Å². The van der Waals surface area contributed by atoms with E-state index in [-0.39, 0.29) is 6.84 Å². The van der Waals surface area contributed by atoms with E-state index in [1.54, 1.807) is 0 Å². The Balaban J connectivity index is 0.000000980. The number of aromatic amines is 1. The van der Waals surface area contributed by atoms with Crippen molar-refractivity contribution in [1.82, 2.24) is 9.97 Å². The predicted molar refractivity (Wildman–Crippen MR) is 56.9 cm³/mol. The third kappa shape index (κ3) is 1.32. The lowest BCUT2D eigenvalue weighted by atomic mass is 9.87. The van der Waals surface area contributed by atoms with Gasteiger partial charge < -0.3 is 4.98 Å². The fourth-order valence-corrected chi connectivity index (χ4v) is 1.58. The van der Waals surface area contributed by atoms with Gasteiger partial charge in [0.1, 0.15) is 5.65 Å². The molecule has 0 saturated carbocycles. The van der Waals surface area contributed by atoms with Gasteiger partial charge in [0, 0.05) is 19.2 Å². The van der Waals surface area contributed by atoms with E-state index in [1.165, 1.54) is 10.9 Å². The maximum Gasteiger partial charge on any atom is 0.137 e. The van der Waals surface area contributed by atoms with Gasteiger partial charge in [-0.2, -0.15) is 0 Å². The van der Waals surface area contributed by atoms with Crippen molar-refractivity contribution in [2.24, 2.45) is 0 Å². The first-order chi connectivity index (χ1) is 6.09. The quantitative estimate of drug-likeness (QED) is 0.656. The molecule has 0 bridgehead atoms. The molecule has 0 aliphatic heterocycles. The zero-order valence-electron chi connectivity index (χ0n) is 8.26. The zero-order valence-corrected chi connectivity index (χ0v) is 8.26. The lowest BCUT2D eigenvalue weighted by Crippen LogP contribution is -2.09. The summed E-state index contributed by atoms with van der Waals surface area (Å²) >= 11 is 0. The Kier molecular flexibility index (Phi) is 1.65. The molecule has 0 aromatic carbocycles. The number of H-pyrrole nitrogens is 1. The molecule has 2 aromatic heterocycles. The van der Waals surface area contributed by atoms with E-state index >= 15 is 0 Å². The number of hydrogen-bond donors (Lipinski definition) is 1. The maximum atomic E-state index is 4.26. The molecule has 2 heteroatoms. The molecule has 2 nitrogen and oxygen atoms in total. The Hall–Kier alpha value is -1.31. The van der Waals surface area contributed by atoms with E-state index in [1.807, 2.05) is 12.3 Å². The standard InChI is InChI=1S/C11H14N2.H2/c1-11(2,3)9-7-13-10-8(9)5-4-6-12-10;/h4-7H,1-3H3,(H,12,13);1H. The molecule has 0 aliphatic carbocycles. The van der Waals surface area contributed by atoms with Gasteiger partial charge in [-0.05, 0) is 23.1 Å². The van der Waals surface area contributed by atoms with Crippen LogP contribution in [0.3, 0.4) is 0 Å². The normalized spacial score (nSPS) is 12.2. The van der Waals surface area contributed by atoms with Gasteiger partial charge in [-0.15, -0.1) is 0 Å². The summed E-state index contributed by atoms with van der Waals surface area (Å²) in [5, 5.41) is 1.23.